The van der Waals surface area contributed by atoms with Gasteiger partial charge in [-0.25, -0.2) is 0 Å². The molecule has 38 heavy (non-hydrogen) atoms. The van der Waals surface area contributed by atoms with Crippen molar-refractivity contribution in [1.29, 1.82) is 0 Å². The monoisotopic (exact) mass is 494 g/mol. The van der Waals surface area contributed by atoms with Gasteiger partial charge in [0.25, 0.3) is 0 Å². The van der Waals surface area contributed by atoms with Crippen molar-refractivity contribution in [2.75, 3.05) is 9.80 Å². The summed E-state index contributed by atoms with van der Waals surface area (Å²) in [5.41, 5.74) is 13.5. The van der Waals surface area contributed by atoms with Crippen molar-refractivity contribution < 1.29 is 0 Å². The molecule has 4 atom stereocenters. The second-order valence-electron chi connectivity index (χ2n) is 11.8. The van der Waals surface area contributed by atoms with Gasteiger partial charge in [-0.15, -0.1) is 0 Å². The number of fused-ring (bicyclic) bond motifs is 4. The van der Waals surface area contributed by atoms with Gasteiger partial charge in [0.2, 0.25) is 6.71 Å². The molecule has 2 aliphatic heterocycles. The van der Waals surface area contributed by atoms with Crippen LogP contribution in [0.5, 0.6) is 0 Å². The summed E-state index contributed by atoms with van der Waals surface area (Å²) in [6.45, 7) is 11.5. The van der Waals surface area contributed by atoms with E-state index in [0.29, 0.717) is 24.4 Å². The number of allylic oxidation sites excluding steroid dienone is 4. The molecule has 4 unspecified atom stereocenters. The van der Waals surface area contributed by atoms with Gasteiger partial charge in [0.15, 0.2) is 0 Å². The van der Waals surface area contributed by atoms with Crippen LogP contribution in [0.25, 0.3) is 0 Å². The largest absolute Gasteiger partial charge is 0.339 e. The molecule has 0 amide bonds. The number of nitrogens with zero attached hydrogens (tertiary/aromatic N) is 2. The van der Waals surface area contributed by atoms with E-state index in [4.69, 9.17) is 0 Å². The minimum absolute atomic E-state index is 0.256. The number of hydrogen-bond acceptors (Lipinski definition) is 2. The molecule has 1 fully saturated rings. The standard InChI is InChI=1S/C35H35BN2/c1-22-6-12-27(13-7-22)37-31-16-10-24(3)18-29(31)36-30-19-25(4)11-17-32(30)38(28-14-8-23(2)9-15-28)34-21-26(5)20-33(37)35(34)36/h6-21,29,31,34-35H,1-5H3. The number of benzene rings is 3. The number of anilines is 3. The third-order valence-electron chi connectivity index (χ3n) is 9.03. The molecule has 1 saturated heterocycles. The molecular formula is C35H35BN2. The molecule has 0 radical (unpaired) electrons. The van der Waals surface area contributed by atoms with E-state index < -0.39 is 0 Å². The zero-order valence-corrected chi connectivity index (χ0v) is 23.0. The number of aryl methyl sites for hydroxylation is 3. The van der Waals surface area contributed by atoms with Crippen molar-refractivity contribution in [2.45, 2.75) is 58.3 Å². The SMILES string of the molecule is CC1=CC2B3c4cc(C)ccc4N(c4ccc(C)cc4)C4C=C(C)C=C(C34)N(c3ccc(C)cc3)C2C=C1. The second-order valence-corrected chi connectivity index (χ2v) is 11.8. The Labute approximate surface area is 227 Å². The van der Waals surface area contributed by atoms with Gasteiger partial charge in [-0.3, -0.25) is 0 Å². The first-order chi connectivity index (χ1) is 18.4. The van der Waals surface area contributed by atoms with Crippen molar-refractivity contribution in [3.05, 3.63) is 131 Å². The molecule has 0 aromatic heterocycles. The lowest BCUT2D eigenvalue weighted by Gasteiger charge is -2.57. The Balaban J connectivity index is 1.50. The summed E-state index contributed by atoms with van der Waals surface area (Å²) in [6.07, 6.45) is 12.3. The molecule has 2 aliphatic carbocycles. The highest BCUT2D eigenvalue weighted by atomic mass is 15.2. The van der Waals surface area contributed by atoms with Crippen LogP contribution in [0.1, 0.15) is 30.5 Å². The first-order valence-electron chi connectivity index (χ1n) is 14.0. The van der Waals surface area contributed by atoms with Crippen molar-refractivity contribution in [2.24, 2.45) is 0 Å². The summed E-state index contributed by atoms with van der Waals surface area (Å²) in [6, 6.07) is 25.9. The van der Waals surface area contributed by atoms with Crippen LogP contribution in [0.2, 0.25) is 11.6 Å². The van der Waals surface area contributed by atoms with Crippen LogP contribution in [0.3, 0.4) is 0 Å². The Morgan fingerprint density at radius 2 is 1.26 bits per heavy atom. The van der Waals surface area contributed by atoms with Gasteiger partial charge < -0.3 is 9.80 Å². The van der Waals surface area contributed by atoms with E-state index in [0.717, 1.165) is 0 Å². The Morgan fingerprint density at radius 1 is 0.632 bits per heavy atom. The maximum atomic E-state index is 2.66. The Morgan fingerprint density at radius 3 is 1.95 bits per heavy atom. The van der Waals surface area contributed by atoms with E-state index in [2.05, 4.69) is 142 Å². The molecule has 188 valence electrons. The maximum absolute atomic E-state index is 2.66. The van der Waals surface area contributed by atoms with E-state index in [9.17, 15) is 0 Å². The van der Waals surface area contributed by atoms with Crippen molar-refractivity contribution in [3.8, 4) is 0 Å². The lowest BCUT2D eigenvalue weighted by molar-refractivity contribution is 0.612. The summed E-state index contributed by atoms with van der Waals surface area (Å²) < 4.78 is 0. The fourth-order valence-corrected chi connectivity index (χ4v) is 7.37. The zero-order valence-electron chi connectivity index (χ0n) is 23.0. The molecule has 4 aliphatic rings. The Hall–Kier alpha value is -3.72. The molecule has 2 heterocycles. The summed E-state index contributed by atoms with van der Waals surface area (Å²) >= 11 is 0. The molecule has 2 nitrogen and oxygen atoms in total. The topological polar surface area (TPSA) is 6.48 Å². The smallest absolute Gasteiger partial charge is 0.200 e. The molecule has 3 aromatic carbocycles. The molecule has 0 saturated carbocycles. The highest BCUT2D eigenvalue weighted by Gasteiger charge is 2.56. The van der Waals surface area contributed by atoms with Crippen LogP contribution in [-0.4, -0.2) is 18.8 Å². The minimum Gasteiger partial charge on any atom is -0.339 e. The van der Waals surface area contributed by atoms with Gasteiger partial charge in [-0.05, 0) is 76.8 Å². The van der Waals surface area contributed by atoms with Gasteiger partial charge in [-0.1, -0.05) is 94.0 Å². The van der Waals surface area contributed by atoms with E-state index >= 15 is 0 Å². The van der Waals surface area contributed by atoms with E-state index in [-0.39, 0.29) is 6.04 Å². The molecule has 0 bridgehead atoms. The third-order valence-corrected chi connectivity index (χ3v) is 9.03. The van der Waals surface area contributed by atoms with Crippen molar-refractivity contribution in [1.82, 2.24) is 0 Å². The normalized spacial score (nSPS) is 25.2. The van der Waals surface area contributed by atoms with Gasteiger partial charge in [0, 0.05) is 28.6 Å². The fourth-order valence-electron chi connectivity index (χ4n) is 7.37. The van der Waals surface area contributed by atoms with Crippen LogP contribution >= 0.6 is 0 Å². The fraction of sp³-hybridized carbons (Fsp3) is 0.257. The van der Waals surface area contributed by atoms with E-state index in [1.54, 1.807) is 0 Å². The average Bonchev–Trinajstić information content (AvgIpc) is 2.90. The summed E-state index contributed by atoms with van der Waals surface area (Å²) in [5, 5.41) is 0. The average molecular weight is 494 g/mol. The first-order valence-corrected chi connectivity index (χ1v) is 14.0. The molecule has 0 N–H and O–H groups in total. The highest BCUT2D eigenvalue weighted by molar-refractivity contribution is 6.80. The summed E-state index contributed by atoms with van der Waals surface area (Å²) in [7, 11) is 0. The van der Waals surface area contributed by atoms with Gasteiger partial charge >= 0.3 is 0 Å². The van der Waals surface area contributed by atoms with Gasteiger partial charge in [0.05, 0.1) is 12.1 Å². The van der Waals surface area contributed by atoms with E-state index in [1.807, 2.05) is 0 Å². The predicted octanol–water partition coefficient (Wildman–Crippen LogP) is 7.82. The molecule has 3 heteroatoms. The minimum atomic E-state index is 0.256. The quantitative estimate of drug-likeness (QED) is 0.335. The maximum Gasteiger partial charge on any atom is 0.200 e. The predicted molar refractivity (Wildman–Crippen MR) is 163 cm³/mol. The molecule has 0 spiro atoms. The number of hydrogen-bond donors (Lipinski definition) is 0. The highest BCUT2D eigenvalue weighted by Crippen LogP contribution is 2.55. The van der Waals surface area contributed by atoms with Crippen molar-refractivity contribution >= 4 is 29.2 Å². The number of rotatable bonds is 2. The van der Waals surface area contributed by atoms with Crippen LogP contribution in [0.4, 0.5) is 17.1 Å². The Kier molecular flexibility index (Phi) is 5.34. The first kappa shape index (κ1) is 23.4. The second kappa shape index (κ2) is 8.66. The van der Waals surface area contributed by atoms with Crippen LogP contribution < -0.4 is 15.3 Å². The lowest BCUT2D eigenvalue weighted by Crippen LogP contribution is -2.64. The molecular weight excluding hydrogens is 459 g/mol. The van der Waals surface area contributed by atoms with Crippen LogP contribution in [-0.2, 0) is 0 Å². The van der Waals surface area contributed by atoms with E-state index in [1.165, 1.54) is 56.1 Å². The van der Waals surface area contributed by atoms with Gasteiger partial charge in [-0.2, -0.15) is 0 Å². The third kappa shape index (κ3) is 3.55. The van der Waals surface area contributed by atoms with Crippen molar-refractivity contribution in [3.63, 3.8) is 0 Å². The van der Waals surface area contributed by atoms with Crippen LogP contribution in [0, 0.1) is 20.8 Å². The van der Waals surface area contributed by atoms with Crippen LogP contribution in [0.15, 0.2) is 114 Å². The van der Waals surface area contributed by atoms with Gasteiger partial charge in [0.1, 0.15) is 0 Å². The lowest BCUT2D eigenvalue weighted by atomic mass is 9.24. The Bertz CT molecular complexity index is 1540. The summed E-state index contributed by atoms with van der Waals surface area (Å²) in [4.78, 5) is 5.27. The molecule has 7 rings (SSSR count). The zero-order chi connectivity index (χ0) is 26.1. The molecule has 3 aromatic rings. The summed E-state index contributed by atoms with van der Waals surface area (Å²) in [5.74, 6) is 0.755.